The third-order valence-corrected chi connectivity index (χ3v) is 7.14. The number of aryl methyl sites for hydroxylation is 1. The Bertz CT molecular complexity index is 1150. The van der Waals surface area contributed by atoms with Crippen LogP contribution in [0, 0.1) is 6.92 Å². The van der Waals surface area contributed by atoms with Crippen LogP contribution in [0.5, 0.6) is 0 Å². The van der Waals surface area contributed by atoms with Crippen molar-refractivity contribution in [3.8, 4) is 0 Å². The molecule has 0 aliphatic carbocycles. The van der Waals surface area contributed by atoms with Gasteiger partial charge in [0.25, 0.3) is 0 Å². The quantitative estimate of drug-likeness (QED) is 0.357. The lowest BCUT2D eigenvalue weighted by atomic mass is 10.0. The Labute approximate surface area is 262 Å². The first-order valence-corrected chi connectivity index (χ1v) is 15.7. The van der Waals surface area contributed by atoms with E-state index < -0.39 is 5.97 Å². The number of benzene rings is 1. The molecule has 1 aromatic carbocycles. The first kappa shape index (κ1) is 38.0. The number of unbranched alkanes of at least 4 members (excludes halogenated alkanes) is 3. The number of rotatable bonds is 6. The van der Waals surface area contributed by atoms with Crippen LogP contribution >= 0.6 is 0 Å². The maximum absolute atomic E-state index is 12.2. The zero-order chi connectivity index (χ0) is 32.9. The molecular weight excluding hydrogens is 562 g/mol. The molecule has 2 aromatic rings. The molecule has 44 heavy (non-hydrogen) atoms. The van der Waals surface area contributed by atoms with Crippen LogP contribution in [-0.2, 0) is 19.2 Å². The SMILES string of the molecule is C=C1CNC(=O)CNC(=O)CNC(=O)C2CCCCN12.CCCC.CCCCCC(=O)O.COn1cc(C)c2ccccc21. The molecule has 2 aliphatic rings. The number of nitrogens with one attached hydrogen (secondary N) is 3. The van der Waals surface area contributed by atoms with Crippen LogP contribution in [0.2, 0.25) is 0 Å². The van der Waals surface area contributed by atoms with Gasteiger partial charge in [-0.25, -0.2) is 0 Å². The van der Waals surface area contributed by atoms with Gasteiger partial charge in [0.2, 0.25) is 17.7 Å². The maximum atomic E-state index is 12.2. The highest BCUT2D eigenvalue weighted by Crippen LogP contribution is 2.21. The van der Waals surface area contributed by atoms with Crippen LogP contribution in [0.15, 0.2) is 42.7 Å². The molecule has 2 fully saturated rings. The van der Waals surface area contributed by atoms with Gasteiger partial charge in [-0.1, -0.05) is 71.2 Å². The van der Waals surface area contributed by atoms with Crippen molar-refractivity contribution < 1.29 is 29.1 Å². The number of carboxylic acids is 1. The van der Waals surface area contributed by atoms with E-state index in [1.807, 2.05) is 29.3 Å². The standard InChI is InChI=1S/C13H20N4O3.C10H11NO.C6H12O2.C4H10/c1-9-6-14-11(18)7-15-12(19)8-16-13(20)10-4-2-3-5-17(9)10;1-8-7-11(12-2)10-6-4-3-5-9(8)10;1-2-3-4-5-6(7)8;1-3-4-2/h10H,1-8H2,(H,14,18)(H,15,19)(H,16,20);3-7H,1-2H3;2-5H2,1H3,(H,7,8);3-4H2,1-2H3. The van der Waals surface area contributed by atoms with E-state index in [-0.39, 0.29) is 36.9 Å². The first-order valence-electron chi connectivity index (χ1n) is 15.7. The Morgan fingerprint density at radius 3 is 2.20 bits per heavy atom. The second-order valence-corrected chi connectivity index (χ2v) is 10.7. The molecule has 4 rings (SSSR count). The van der Waals surface area contributed by atoms with Gasteiger partial charge in [0.15, 0.2) is 0 Å². The summed E-state index contributed by atoms with van der Waals surface area (Å²) >= 11 is 0. The molecule has 11 heteroatoms. The number of carbonyl (C=O) groups is 4. The van der Waals surface area contributed by atoms with Crippen molar-refractivity contribution in [2.45, 2.75) is 91.5 Å². The molecule has 246 valence electrons. The minimum Gasteiger partial charge on any atom is -0.481 e. The minimum absolute atomic E-state index is 0.0919. The number of nitrogens with zero attached hydrogens (tertiary/aromatic N) is 2. The summed E-state index contributed by atoms with van der Waals surface area (Å²) in [4.78, 5) is 52.1. The van der Waals surface area contributed by atoms with E-state index in [1.54, 1.807) is 11.8 Å². The van der Waals surface area contributed by atoms with Crippen molar-refractivity contribution in [3.63, 3.8) is 0 Å². The van der Waals surface area contributed by atoms with Crippen LogP contribution in [0.4, 0.5) is 0 Å². The Morgan fingerprint density at radius 1 is 0.955 bits per heavy atom. The predicted molar refractivity (Wildman–Crippen MR) is 174 cm³/mol. The second kappa shape index (κ2) is 21.6. The van der Waals surface area contributed by atoms with Gasteiger partial charge in [-0.05, 0) is 44.2 Å². The Hall–Kier alpha value is -4.02. The highest BCUT2D eigenvalue weighted by atomic mass is 16.6. The Kier molecular flexibility index (Phi) is 18.7. The third-order valence-electron chi connectivity index (χ3n) is 7.14. The zero-order valence-corrected chi connectivity index (χ0v) is 27.2. The van der Waals surface area contributed by atoms with E-state index in [0.29, 0.717) is 13.0 Å². The average Bonchev–Trinajstić information content (AvgIpc) is 3.37. The molecule has 1 unspecified atom stereocenters. The highest BCUT2D eigenvalue weighted by molar-refractivity contribution is 5.90. The number of aromatic nitrogens is 1. The number of piperidine rings is 1. The molecule has 4 N–H and O–H groups in total. The molecule has 2 saturated heterocycles. The second-order valence-electron chi connectivity index (χ2n) is 10.7. The summed E-state index contributed by atoms with van der Waals surface area (Å²) in [5.74, 6) is -1.47. The summed E-state index contributed by atoms with van der Waals surface area (Å²) in [6.45, 7) is 13.3. The van der Waals surface area contributed by atoms with Crippen molar-refractivity contribution in [1.29, 1.82) is 0 Å². The first-order chi connectivity index (χ1) is 21.1. The van der Waals surface area contributed by atoms with Crippen molar-refractivity contribution in [3.05, 3.63) is 48.3 Å². The van der Waals surface area contributed by atoms with Crippen molar-refractivity contribution in [2.75, 3.05) is 33.3 Å². The summed E-state index contributed by atoms with van der Waals surface area (Å²) in [7, 11) is 1.67. The van der Waals surface area contributed by atoms with Gasteiger partial charge in [0.1, 0.15) is 13.2 Å². The lowest BCUT2D eigenvalue weighted by Crippen LogP contribution is -2.53. The molecule has 11 nitrogen and oxygen atoms in total. The van der Waals surface area contributed by atoms with E-state index in [4.69, 9.17) is 9.94 Å². The third kappa shape index (κ3) is 14.0. The highest BCUT2D eigenvalue weighted by Gasteiger charge is 2.30. The van der Waals surface area contributed by atoms with Crippen LogP contribution in [0.1, 0.15) is 84.1 Å². The molecule has 0 saturated carbocycles. The van der Waals surface area contributed by atoms with Gasteiger partial charge < -0.3 is 30.8 Å². The van der Waals surface area contributed by atoms with Crippen molar-refractivity contribution in [2.24, 2.45) is 0 Å². The fraction of sp³-hybridized carbons (Fsp3) is 0.576. The largest absolute Gasteiger partial charge is 0.481 e. The summed E-state index contributed by atoms with van der Waals surface area (Å²) in [6, 6.07) is 7.89. The number of aliphatic carboxylic acids is 1. The molecule has 0 bridgehead atoms. The fourth-order valence-corrected chi connectivity index (χ4v) is 4.47. The monoisotopic (exact) mass is 615 g/mol. The molecule has 0 radical (unpaired) electrons. The number of carboxylic acid groups (broad SMARTS) is 1. The van der Waals surface area contributed by atoms with Crippen molar-refractivity contribution in [1.82, 2.24) is 25.6 Å². The van der Waals surface area contributed by atoms with Gasteiger partial charge in [-0.3, -0.25) is 19.2 Å². The molecule has 3 amide bonds. The van der Waals surface area contributed by atoms with Gasteiger partial charge in [0, 0.05) is 30.2 Å². The lowest BCUT2D eigenvalue weighted by Gasteiger charge is -2.37. The molecule has 1 atom stereocenters. The zero-order valence-electron chi connectivity index (χ0n) is 27.2. The smallest absolute Gasteiger partial charge is 0.303 e. The average molecular weight is 616 g/mol. The number of amides is 3. The molecule has 2 aliphatic heterocycles. The van der Waals surface area contributed by atoms with E-state index in [9.17, 15) is 19.2 Å². The number of para-hydroxylation sites is 1. The van der Waals surface area contributed by atoms with Gasteiger partial charge in [-0.2, -0.15) is 4.73 Å². The molecule has 0 spiro atoms. The maximum Gasteiger partial charge on any atom is 0.303 e. The van der Waals surface area contributed by atoms with Gasteiger partial charge >= 0.3 is 5.97 Å². The summed E-state index contributed by atoms with van der Waals surface area (Å²) < 4.78 is 1.78. The summed E-state index contributed by atoms with van der Waals surface area (Å²) in [5, 5.41) is 17.1. The number of hydrogen-bond donors (Lipinski definition) is 4. The van der Waals surface area contributed by atoms with Crippen molar-refractivity contribution >= 4 is 34.6 Å². The minimum atomic E-state index is -0.682. The predicted octanol–water partition coefficient (Wildman–Crippen LogP) is 4.18. The van der Waals surface area contributed by atoms with Gasteiger partial charge in [0.05, 0.1) is 25.2 Å². The number of carbonyl (C=O) groups excluding carboxylic acids is 3. The van der Waals surface area contributed by atoms with Crippen LogP contribution in [0.3, 0.4) is 0 Å². The van der Waals surface area contributed by atoms with E-state index in [0.717, 1.165) is 56.3 Å². The normalized spacial score (nSPS) is 16.8. The molecule has 1 aromatic heterocycles. The van der Waals surface area contributed by atoms with Crippen LogP contribution in [-0.4, -0.2) is 77.8 Å². The van der Waals surface area contributed by atoms with Crippen LogP contribution in [0.25, 0.3) is 10.9 Å². The number of fused-ring (bicyclic) bond motifs is 2. The number of hydrogen-bond acceptors (Lipinski definition) is 6. The molecule has 3 heterocycles. The summed E-state index contributed by atoms with van der Waals surface area (Å²) in [6.07, 6.45) is 10.6. The van der Waals surface area contributed by atoms with E-state index in [2.05, 4.69) is 56.3 Å². The topological polar surface area (TPSA) is 142 Å². The van der Waals surface area contributed by atoms with E-state index in [1.165, 1.54) is 23.8 Å². The Balaban J connectivity index is 0.000000341. The summed E-state index contributed by atoms with van der Waals surface area (Å²) in [5.41, 5.74) is 3.09. The molecular formula is C33H53N5O6. The van der Waals surface area contributed by atoms with E-state index >= 15 is 0 Å². The fourth-order valence-electron chi connectivity index (χ4n) is 4.47. The van der Waals surface area contributed by atoms with Crippen LogP contribution < -0.4 is 20.8 Å². The lowest BCUT2D eigenvalue weighted by molar-refractivity contribution is -0.137. The Morgan fingerprint density at radius 2 is 1.59 bits per heavy atom. The van der Waals surface area contributed by atoms with Gasteiger partial charge in [-0.15, -0.1) is 0 Å².